The molecule has 0 aliphatic carbocycles. The van der Waals surface area contributed by atoms with Crippen molar-refractivity contribution in [3.8, 4) is 0 Å². The topological polar surface area (TPSA) is 61.8 Å². The maximum Gasteiger partial charge on any atom is 0.306 e. The highest BCUT2D eigenvalue weighted by Crippen LogP contribution is 2.16. The Hall–Kier alpha value is -1.36. The molecule has 0 bridgehead atoms. The van der Waals surface area contributed by atoms with Crippen molar-refractivity contribution in [3.63, 3.8) is 0 Å². The zero-order valence-electron chi connectivity index (χ0n) is 40.3. The van der Waals surface area contributed by atoms with Gasteiger partial charge in [0.25, 0.3) is 0 Å². The summed E-state index contributed by atoms with van der Waals surface area (Å²) in [5, 5.41) is 0. The zero-order valence-corrected chi connectivity index (χ0v) is 40.3. The van der Waals surface area contributed by atoms with Crippen LogP contribution in [0.5, 0.6) is 0 Å². The van der Waals surface area contributed by atoms with Crippen LogP contribution in [0.1, 0.15) is 297 Å². The lowest BCUT2D eigenvalue weighted by Gasteiger charge is -2.18. The van der Waals surface area contributed by atoms with E-state index in [0.29, 0.717) is 26.1 Å². The quantitative estimate of drug-likeness (QED) is 0.0347. The van der Waals surface area contributed by atoms with Gasteiger partial charge in [-0.3, -0.25) is 9.59 Å². The SMILES string of the molecule is CCCCCC/C=C\CCCCCCCCCC(=O)O[C@H](COCCCCCCCCCCCCCCCCCC)COC(=O)CCCCCCCCCCCCCC. The van der Waals surface area contributed by atoms with Crippen LogP contribution in [0, 0.1) is 0 Å². The summed E-state index contributed by atoms with van der Waals surface area (Å²) in [5.74, 6) is -0.381. The zero-order chi connectivity index (χ0) is 42.8. The van der Waals surface area contributed by atoms with Crippen molar-refractivity contribution in [1.82, 2.24) is 0 Å². The Labute approximate surface area is 369 Å². The van der Waals surface area contributed by atoms with Gasteiger partial charge >= 0.3 is 11.9 Å². The number of hydrogen-bond donors (Lipinski definition) is 0. The van der Waals surface area contributed by atoms with Gasteiger partial charge in [-0.1, -0.05) is 251 Å². The lowest BCUT2D eigenvalue weighted by Crippen LogP contribution is -2.30. The smallest absolute Gasteiger partial charge is 0.306 e. The summed E-state index contributed by atoms with van der Waals surface area (Å²) < 4.78 is 17.4. The summed E-state index contributed by atoms with van der Waals surface area (Å²) in [6, 6.07) is 0. The van der Waals surface area contributed by atoms with Crippen LogP contribution in [-0.4, -0.2) is 37.9 Å². The standard InChI is InChI=1S/C54H104O5/c1-4-7-10-13-16-19-22-25-27-29-31-34-37-40-43-46-49-57-50-52(51-58-53(55)47-44-41-38-35-32-24-21-18-15-12-9-6-3)59-54(56)48-45-42-39-36-33-30-28-26-23-20-17-14-11-8-5-2/h20,23,52H,4-19,21-22,24-51H2,1-3H3/b23-20-/t52-/m1/s1. The second kappa shape index (κ2) is 51.0. The Morgan fingerprint density at radius 3 is 1.05 bits per heavy atom. The summed E-state index contributed by atoms with van der Waals surface area (Å²) in [7, 11) is 0. The number of esters is 2. The summed E-state index contributed by atoms with van der Waals surface area (Å²) in [4.78, 5) is 25.4. The van der Waals surface area contributed by atoms with E-state index in [9.17, 15) is 9.59 Å². The first-order chi connectivity index (χ1) is 29.1. The molecule has 0 amide bonds. The van der Waals surface area contributed by atoms with Crippen LogP contribution in [0.15, 0.2) is 12.2 Å². The molecule has 0 saturated carbocycles. The fourth-order valence-corrected chi connectivity index (χ4v) is 8.04. The first kappa shape index (κ1) is 57.6. The van der Waals surface area contributed by atoms with E-state index in [2.05, 4.69) is 32.9 Å². The fourth-order valence-electron chi connectivity index (χ4n) is 8.04. The third-order valence-corrected chi connectivity index (χ3v) is 12.1. The molecule has 0 rings (SSSR count). The number of ether oxygens (including phenoxy) is 3. The molecule has 0 aliphatic heterocycles. The van der Waals surface area contributed by atoms with E-state index in [1.807, 2.05) is 0 Å². The highest BCUT2D eigenvalue weighted by molar-refractivity contribution is 5.70. The first-order valence-electron chi connectivity index (χ1n) is 26.7. The fraction of sp³-hybridized carbons (Fsp3) is 0.926. The molecule has 0 saturated heterocycles. The van der Waals surface area contributed by atoms with Crippen LogP contribution in [0.4, 0.5) is 0 Å². The molecule has 5 nitrogen and oxygen atoms in total. The molecule has 0 N–H and O–H groups in total. The largest absolute Gasteiger partial charge is 0.462 e. The van der Waals surface area contributed by atoms with Crippen molar-refractivity contribution in [2.45, 2.75) is 303 Å². The van der Waals surface area contributed by atoms with Crippen molar-refractivity contribution in [1.29, 1.82) is 0 Å². The molecule has 0 radical (unpaired) electrons. The van der Waals surface area contributed by atoms with Gasteiger partial charge in [0, 0.05) is 19.4 Å². The number of unbranched alkanes of at least 4 members (excludes halogenated alkanes) is 37. The summed E-state index contributed by atoms with van der Waals surface area (Å²) in [5.41, 5.74) is 0. The summed E-state index contributed by atoms with van der Waals surface area (Å²) >= 11 is 0. The Bertz CT molecular complexity index is 856. The van der Waals surface area contributed by atoms with Crippen LogP contribution in [-0.2, 0) is 23.8 Å². The van der Waals surface area contributed by atoms with Gasteiger partial charge < -0.3 is 14.2 Å². The Kier molecular flexibility index (Phi) is 49.8. The molecule has 59 heavy (non-hydrogen) atoms. The van der Waals surface area contributed by atoms with Crippen LogP contribution >= 0.6 is 0 Å². The predicted octanol–water partition coefficient (Wildman–Crippen LogP) is 17.8. The maximum absolute atomic E-state index is 12.8. The Morgan fingerprint density at radius 2 is 0.661 bits per heavy atom. The minimum atomic E-state index is -0.528. The molecular formula is C54H104O5. The average molecular weight is 833 g/mol. The number of carbonyl (C=O) groups is 2. The van der Waals surface area contributed by atoms with Crippen molar-refractivity contribution in [3.05, 3.63) is 12.2 Å². The maximum atomic E-state index is 12.8. The minimum absolute atomic E-state index is 0.0931. The second-order valence-electron chi connectivity index (χ2n) is 18.1. The Morgan fingerprint density at radius 1 is 0.356 bits per heavy atom. The second-order valence-corrected chi connectivity index (χ2v) is 18.1. The van der Waals surface area contributed by atoms with Gasteiger partial charge in [-0.15, -0.1) is 0 Å². The normalized spacial score (nSPS) is 12.1. The van der Waals surface area contributed by atoms with Crippen molar-refractivity contribution < 1.29 is 23.8 Å². The van der Waals surface area contributed by atoms with Gasteiger partial charge in [0.05, 0.1) is 6.61 Å². The third kappa shape index (κ3) is 49.2. The van der Waals surface area contributed by atoms with Gasteiger partial charge in [-0.05, 0) is 44.9 Å². The molecule has 0 fully saturated rings. The number of hydrogen-bond acceptors (Lipinski definition) is 5. The average Bonchev–Trinajstić information content (AvgIpc) is 3.24. The highest BCUT2D eigenvalue weighted by Gasteiger charge is 2.17. The molecule has 0 aromatic heterocycles. The molecule has 0 unspecified atom stereocenters. The van der Waals surface area contributed by atoms with E-state index in [-0.39, 0.29) is 18.5 Å². The van der Waals surface area contributed by atoms with E-state index in [1.165, 1.54) is 231 Å². The lowest BCUT2D eigenvalue weighted by molar-refractivity contribution is -0.163. The third-order valence-electron chi connectivity index (χ3n) is 12.1. The summed E-state index contributed by atoms with van der Waals surface area (Å²) in [6.45, 7) is 7.88. The van der Waals surface area contributed by atoms with Gasteiger partial charge in [0.15, 0.2) is 6.10 Å². The van der Waals surface area contributed by atoms with Crippen molar-refractivity contribution >= 4 is 11.9 Å². The van der Waals surface area contributed by atoms with Crippen LogP contribution in [0.2, 0.25) is 0 Å². The minimum Gasteiger partial charge on any atom is -0.462 e. The molecule has 0 spiro atoms. The summed E-state index contributed by atoms with van der Waals surface area (Å²) in [6.07, 6.45) is 57.9. The first-order valence-corrected chi connectivity index (χ1v) is 26.7. The van der Waals surface area contributed by atoms with E-state index >= 15 is 0 Å². The molecule has 1 atom stereocenters. The monoisotopic (exact) mass is 833 g/mol. The van der Waals surface area contributed by atoms with Gasteiger partial charge in [-0.25, -0.2) is 0 Å². The van der Waals surface area contributed by atoms with E-state index in [1.54, 1.807) is 0 Å². The van der Waals surface area contributed by atoms with E-state index in [4.69, 9.17) is 14.2 Å². The number of allylic oxidation sites excluding steroid dienone is 2. The van der Waals surface area contributed by atoms with Crippen LogP contribution < -0.4 is 0 Å². The van der Waals surface area contributed by atoms with Gasteiger partial charge in [0.1, 0.15) is 6.61 Å². The number of carbonyl (C=O) groups excluding carboxylic acids is 2. The molecule has 5 heteroatoms. The predicted molar refractivity (Wildman–Crippen MR) is 256 cm³/mol. The molecule has 350 valence electrons. The van der Waals surface area contributed by atoms with Gasteiger partial charge in [-0.2, -0.15) is 0 Å². The number of rotatable bonds is 50. The van der Waals surface area contributed by atoms with E-state index in [0.717, 1.165) is 32.1 Å². The van der Waals surface area contributed by atoms with Crippen LogP contribution in [0.25, 0.3) is 0 Å². The lowest BCUT2D eigenvalue weighted by atomic mass is 10.0. The Balaban J connectivity index is 4.20. The molecular weight excluding hydrogens is 729 g/mol. The van der Waals surface area contributed by atoms with Crippen LogP contribution in [0.3, 0.4) is 0 Å². The molecule has 0 aromatic carbocycles. The van der Waals surface area contributed by atoms with Crippen molar-refractivity contribution in [2.75, 3.05) is 19.8 Å². The molecule has 0 aliphatic rings. The van der Waals surface area contributed by atoms with Crippen molar-refractivity contribution in [2.24, 2.45) is 0 Å². The van der Waals surface area contributed by atoms with E-state index < -0.39 is 6.10 Å². The molecule has 0 aromatic rings. The molecule has 0 heterocycles. The van der Waals surface area contributed by atoms with Gasteiger partial charge in [0.2, 0.25) is 0 Å². The highest BCUT2D eigenvalue weighted by atomic mass is 16.6.